The number of carbonyl (C=O) groups is 3. The van der Waals surface area contributed by atoms with E-state index in [2.05, 4.69) is 142 Å². The number of carbonyl (C=O) groups excluding carboxylic acids is 3. The molecule has 0 aliphatic heterocycles. The molecule has 81 heavy (non-hydrogen) atoms. The van der Waals surface area contributed by atoms with Crippen LogP contribution in [-0.2, 0) is 28.6 Å². The Bertz CT molecular complexity index is 1670. The third-order valence-electron chi connectivity index (χ3n) is 14.4. The zero-order valence-corrected chi connectivity index (χ0v) is 53.0. The highest BCUT2D eigenvalue weighted by Crippen LogP contribution is 2.17. The van der Waals surface area contributed by atoms with Crippen molar-refractivity contribution >= 4 is 17.9 Å². The SMILES string of the molecule is CC/C=C\C/C=C\C/C=C\C/C=C\CCCCCCCCCCCCCCCCCCCCCCC(=O)OCC(COC(=O)CCCCCCC/C=C\C/C=C\CCCCC)OC(=O)CCCC/C=C\C/C=C\C/C=C\C/C=C\CC. The highest BCUT2D eigenvalue weighted by atomic mass is 16.6. The van der Waals surface area contributed by atoms with Gasteiger partial charge in [0.05, 0.1) is 0 Å². The van der Waals surface area contributed by atoms with E-state index >= 15 is 0 Å². The van der Waals surface area contributed by atoms with Crippen LogP contribution in [0.5, 0.6) is 0 Å². The van der Waals surface area contributed by atoms with E-state index in [0.29, 0.717) is 19.3 Å². The molecular formula is C75H126O6. The second kappa shape index (κ2) is 68.3. The molecule has 0 aliphatic carbocycles. The van der Waals surface area contributed by atoms with Gasteiger partial charge in [0.1, 0.15) is 13.2 Å². The lowest BCUT2D eigenvalue weighted by Gasteiger charge is -2.18. The largest absolute Gasteiger partial charge is 0.462 e. The Kier molecular flexibility index (Phi) is 64.8. The summed E-state index contributed by atoms with van der Waals surface area (Å²) in [6.07, 6.45) is 95.2. The number of esters is 3. The van der Waals surface area contributed by atoms with Gasteiger partial charge in [0.15, 0.2) is 6.10 Å². The maximum atomic E-state index is 12.9. The first-order valence-electron chi connectivity index (χ1n) is 34.0. The van der Waals surface area contributed by atoms with E-state index in [1.54, 1.807) is 0 Å². The summed E-state index contributed by atoms with van der Waals surface area (Å²) in [5.41, 5.74) is 0. The average molecular weight is 1120 g/mol. The Balaban J connectivity index is 4.20. The highest BCUT2D eigenvalue weighted by Gasteiger charge is 2.19. The fourth-order valence-corrected chi connectivity index (χ4v) is 9.40. The summed E-state index contributed by atoms with van der Waals surface area (Å²) >= 11 is 0. The Morgan fingerprint density at radius 3 is 0.778 bits per heavy atom. The maximum Gasteiger partial charge on any atom is 0.306 e. The van der Waals surface area contributed by atoms with Crippen LogP contribution >= 0.6 is 0 Å². The summed E-state index contributed by atoms with van der Waals surface area (Å²) in [6.45, 7) is 6.36. The van der Waals surface area contributed by atoms with Crippen molar-refractivity contribution in [3.63, 3.8) is 0 Å². The summed E-state index contributed by atoms with van der Waals surface area (Å²) < 4.78 is 16.9. The minimum atomic E-state index is -0.807. The number of hydrogen-bond acceptors (Lipinski definition) is 6. The van der Waals surface area contributed by atoms with Crippen LogP contribution in [-0.4, -0.2) is 37.2 Å². The van der Waals surface area contributed by atoms with Crippen molar-refractivity contribution in [2.45, 2.75) is 322 Å². The molecule has 0 aromatic heterocycles. The van der Waals surface area contributed by atoms with Crippen molar-refractivity contribution in [2.75, 3.05) is 13.2 Å². The molecule has 0 rings (SSSR count). The molecule has 0 saturated heterocycles. The first-order valence-corrected chi connectivity index (χ1v) is 34.0. The molecule has 462 valence electrons. The molecule has 6 heteroatoms. The molecule has 0 amide bonds. The first kappa shape index (κ1) is 76.8. The average Bonchev–Trinajstić information content (AvgIpc) is 3.47. The van der Waals surface area contributed by atoms with Crippen LogP contribution in [0.15, 0.2) is 122 Å². The van der Waals surface area contributed by atoms with E-state index in [9.17, 15) is 14.4 Å². The number of rotatable bonds is 61. The van der Waals surface area contributed by atoms with Crippen molar-refractivity contribution in [1.82, 2.24) is 0 Å². The minimum absolute atomic E-state index is 0.0984. The van der Waals surface area contributed by atoms with Crippen LogP contribution in [0.3, 0.4) is 0 Å². The van der Waals surface area contributed by atoms with Gasteiger partial charge in [0.2, 0.25) is 0 Å². The molecule has 0 heterocycles. The second-order valence-electron chi connectivity index (χ2n) is 22.3. The molecule has 1 unspecified atom stereocenters. The first-order chi connectivity index (χ1) is 40.0. The Labute approximate surface area is 501 Å². The van der Waals surface area contributed by atoms with Gasteiger partial charge >= 0.3 is 17.9 Å². The summed E-state index contributed by atoms with van der Waals surface area (Å²) in [4.78, 5) is 38.3. The van der Waals surface area contributed by atoms with Crippen molar-refractivity contribution in [3.05, 3.63) is 122 Å². The zero-order valence-electron chi connectivity index (χ0n) is 53.0. The van der Waals surface area contributed by atoms with Gasteiger partial charge < -0.3 is 14.2 Å². The zero-order chi connectivity index (χ0) is 58.5. The van der Waals surface area contributed by atoms with Crippen LogP contribution < -0.4 is 0 Å². The second-order valence-corrected chi connectivity index (χ2v) is 22.3. The fourth-order valence-electron chi connectivity index (χ4n) is 9.40. The predicted octanol–water partition coefficient (Wildman–Crippen LogP) is 23.6. The standard InChI is InChI=1S/C75H126O6/c1-4-7-10-13-16-19-22-25-28-29-30-31-32-33-34-35-36-37-38-39-40-41-42-43-44-45-48-50-53-56-59-62-65-68-74(77)80-71-72(81-75(78)69-66-63-60-57-54-51-47-27-24-21-18-15-12-9-6-3)70-79-73(76)67-64-61-58-55-52-49-46-26-23-20-17-14-11-8-5-2/h7,9-10,12,16-21,25-28,30-31,46-47,54,57,72H,4-6,8,11,13-15,22-24,29,32-45,48-53,55-56,58-71H2,1-3H3/b10-7-,12-9-,19-16-,20-17-,21-18-,28-25-,31-30-,46-26-,47-27-,57-54-. The fraction of sp³-hybridized carbons (Fsp3) is 0.693. The van der Waals surface area contributed by atoms with Gasteiger partial charge in [-0.2, -0.15) is 0 Å². The van der Waals surface area contributed by atoms with Crippen LogP contribution in [0.25, 0.3) is 0 Å². The van der Waals surface area contributed by atoms with Gasteiger partial charge in [-0.05, 0) is 128 Å². The van der Waals surface area contributed by atoms with E-state index in [0.717, 1.165) is 128 Å². The molecule has 0 aromatic rings. The van der Waals surface area contributed by atoms with Crippen LogP contribution in [0.4, 0.5) is 0 Å². The number of hydrogen-bond donors (Lipinski definition) is 0. The molecule has 0 radical (unpaired) electrons. The molecule has 0 N–H and O–H groups in total. The lowest BCUT2D eigenvalue weighted by Crippen LogP contribution is -2.30. The van der Waals surface area contributed by atoms with E-state index in [1.807, 2.05) is 0 Å². The molecule has 0 aromatic carbocycles. The molecule has 0 spiro atoms. The lowest BCUT2D eigenvalue weighted by molar-refractivity contribution is -0.167. The third kappa shape index (κ3) is 66.5. The van der Waals surface area contributed by atoms with E-state index in [4.69, 9.17) is 14.2 Å². The van der Waals surface area contributed by atoms with E-state index < -0.39 is 6.10 Å². The van der Waals surface area contributed by atoms with Crippen molar-refractivity contribution < 1.29 is 28.6 Å². The normalized spacial score (nSPS) is 12.9. The Hall–Kier alpha value is -4.19. The highest BCUT2D eigenvalue weighted by molar-refractivity contribution is 5.71. The quantitative estimate of drug-likeness (QED) is 0.0261. The number of unbranched alkanes of at least 4 members (excludes halogenated alkanes) is 30. The lowest BCUT2D eigenvalue weighted by atomic mass is 10.0. The van der Waals surface area contributed by atoms with Crippen LogP contribution in [0.2, 0.25) is 0 Å². The smallest absolute Gasteiger partial charge is 0.306 e. The van der Waals surface area contributed by atoms with Gasteiger partial charge in [-0.3, -0.25) is 14.4 Å². The van der Waals surface area contributed by atoms with Crippen LogP contribution in [0, 0.1) is 0 Å². The van der Waals surface area contributed by atoms with Crippen molar-refractivity contribution in [2.24, 2.45) is 0 Å². The van der Waals surface area contributed by atoms with Crippen molar-refractivity contribution in [3.8, 4) is 0 Å². The van der Waals surface area contributed by atoms with Crippen LogP contribution in [0.1, 0.15) is 316 Å². The summed E-state index contributed by atoms with van der Waals surface area (Å²) in [5.74, 6) is -0.946. The monoisotopic (exact) mass is 1120 g/mol. The van der Waals surface area contributed by atoms with E-state index in [1.165, 1.54) is 141 Å². The molecule has 1 atom stereocenters. The van der Waals surface area contributed by atoms with E-state index in [-0.39, 0.29) is 37.5 Å². The summed E-state index contributed by atoms with van der Waals surface area (Å²) in [7, 11) is 0. The number of ether oxygens (including phenoxy) is 3. The minimum Gasteiger partial charge on any atom is -0.462 e. The predicted molar refractivity (Wildman–Crippen MR) is 353 cm³/mol. The summed E-state index contributed by atoms with van der Waals surface area (Å²) in [5, 5.41) is 0. The Morgan fingerprint density at radius 1 is 0.259 bits per heavy atom. The molecule has 6 nitrogen and oxygen atoms in total. The molecule has 0 bridgehead atoms. The molecular weight excluding hydrogens is 997 g/mol. The number of allylic oxidation sites excluding steroid dienone is 20. The van der Waals surface area contributed by atoms with Gasteiger partial charge in [-0.25, -0.2) is 0 Å². The van der Waals surface area contributed by atoms with Gasteiger partial charge in [-0.15, -0.1) is 0 Å². The topological polar surface area (TPSA) is 78.9 Å². The van der Waals surface area contributed by atoms with Crippen molar-refractivity contribution in [1.29, 1.82) is 0 Å². The molecule has 0 saturated carbocycles. The molecule has 0 fully saturated rings. The third-order valence-corrected chi connectivity index (χ3v) is 14.4. The molecule has 0 aliphatic rings. The van der Waals surface area contributed by atoms with Gasteiger partial charge in [0.25, 0.3) is 0 Å². The van der Waals surface area contributed by atoms with Gasteiger partial charge in [-0.1, -0.05) is 290 Å². The summed E-state index contributed by atoms with van der Waals surface area (Å²) in [6, 6.07) is 0. The van der Waals surface area contributed by atoms with Gasteiger partial charge in [0, 0.05) is 19.3 Å². The maximum absolute atomic E-state index is 12.9. The Morgan fingerprint density at radius 2 is 0.481 bits per heavy atom.